The molecule has 0 radical (unpaired) electrons. The Labute approximate surface area is 104 Å². The number of nitrogens with zero attached hydrogens (tertiary/aromatic N) is 2. The molecule has 1 rings (SSSR count). The molecule has 0 aromatic heterocycles. The number of hydrogen-bond donors (Lipinski definition) is 2. The van der Waals surface area contributed by atoms with E-state index in [0.29, 0.717) is 24.5 Å². The molecular weight excluding hydrogens is 219 g/mol. The summed E-state index contributed by atoms with van der Waals surface area (Å²) in [5.41, 5.74) is 0.444. The second-order valence-electron chi connectivity index (χ2n) is 3.26. The molecule has 1 aliphatic heterocycles. The fraction of sp³-hybridized carbons (Fsp3) is 0.727. The van der Waals surface area contributed by atoms with Crippen molar-refractivity contribution in [3.05, 3.63) is 11.5 Å². The molecule has 1 aliphatic rings. The second-order valence-corrected chi connectivity index (χ2v) is 3.26. The van der Waals surface area contributed by atoms with Crippen molar-refractivity contribution in [3.63, 3.8) is 0 Å². The number of morpholine rings is 1. The molecule has 0 aliphatic carbocycles. The van der Waals surface area contributed by atoms with Crippen LogP contribution in [-0.4, -0.2) is 61.3 Å². The van der Waals surface area contributed by atoms with Crippen LogP contribution in [0.25, 0.3) is 0 Å². The van der Waals surface area contributed by atoms with Crippen molar-refractivity contribution in [2.45, 2.75) is 20.8 Å². The summed E-state index contributed by atoms with van der Waals surface area (Å²) in [6.07, 6.45) is 1.67. The van der Waals surface area contributed by atoms with E-state index in [1.807, 2.05) is 18.7 Å². The van der Waals surface area contributed by atoms with Crippen molar-refractivity contribution in [3.8, 4) is 0 Å². The number of amidine groups is 1. The molecule has 0 aromatic rings. The Balaban J connectivity index is 0.00000121. The Morgan fingerprint density at radius 2 is 1.82 bits per heavy atom. The van der Waals surface area contributed by atoms with Gasteiger partial charge in [-0.05, 0) is 6.92 Å². The van der Waals surface area contributed by atoms with E-state index in [0.717, 1.165) is 13.1 Å². The van der Waals surface area contributed by atoms with Crippen LogP contribution < -0.4 is 0 Å². The van der Waals surface area contributed by atoms with Gasteiger partial charge < -0.3 is 19.7 Å². The first-order valence-electron chi connectivity index (χ1n) is 6.03. The number of aliphatic imine (C=N–C) groups is 1. The topological polar surface area (TPSA) is 65.3 Å². The van der Waals surface area contributed by atoms with Gasteiger partial charge in [0.05, 0.1) is 13.2 Å². The van der Waals surface area contributed by atoms with E-state index in [9.17, 15) is 10.0 Å². The van der Waals surface area contributed by atoms with E-state index in [1.54, 1.807) is 20.0 Å². The monoisotopic (exact) mass is 242 g/mol. The van der Waals surface area contributed by atoms with Gasteiger partial charge in [0, 0.05) is 25.6 Å². The van der Waals surface area contributed by atoms with Crippen LogP contribution in [-0.2, 0) is 4.74 Å². The lowest BCUT2D eigenvalue weighted by Crippen LogP contribution is -2.44. The van der Waals surface area contributed by atoms with Gasteiger partial charge in [-0.2, -0.15) is 0 Å². The molecule has 5 nitrogen and oxygen atoms in total. The van der Waals surface area contributed by atoms with Gasteiger partial charge in [-0.1, -0.05) is 19.9 Å². The highest BCUT2D eigenvalue weighted by atomic mass is 16.5. The Kier molecular flexibility index (Phi) is 8.75. The molecule has 6 heteroatoms. The Bertz CT molecular complexity index is 261. The van der Waals surface area contributed by atoms with Crippen LogP contribution in [0.4, 0.5) is 0 Å². The Hall–Kier alpha value is -0.845. The van der Waals surface area contributed by atoms with E-state index in [4.69, 9.17) is 4.74 Å². The van der Waals surface area contributed by atoms with E-state index >= 15 is 0 Å². The summed E-state index contributed by atoms with van der Waals surface area (Å²) < 4.78 is 5.23. The summed E-state index contributed by atoms with van der Waals surface area (Å²) in [6.45, 7) is 8.53. The first-order chi connectivity index (χ1) is 8.20. The SMILES string of the molecule is C/C=C(/B(O)O)C(=NC)N1CCOCC1.CC. The Morgan fingerprint density at radius 3 is 2.18 bits per heavy atom. The van der Waals surface area contributed by atoms with Gasteiger partial charge in [0.2, 0.25) is 0 Å². The van der Waals surface area contributed by atoms with Crippen molar-refractivity contribution in [2.75, 3.05) is 33.4 Å². The largest absolute Gasteiger partial charge is 0.491 e. The number of allylic oxidation sites excluding steroid dienone is 1. The van der Waals surface area contributed by atoms with Gasteiger partial charge in [0.1, 0.15) is 5.84 Å². The van der Waals surface area contributed by atoms with Gasteiger partial charge >= 0.3 is 7.12 Å². The zero-order valence-electron chi connectivity index (χ0n) is 11.2. The van der Waals surface area contributed by atoms with Gasteiger partial charge in [-0.3, -0.25) is 4.99 Å². The first-order valence-corrected chi connectivity index (χ1v) is 6.03. The molecule has 17 heavy (non-hydrogen) atoms. The smallest absolute Gasteiger partial charge is 0.423 e. The maximum absolute atomic E-state index is 9.19. The summed E-state index contributed by atoms with van der Waals surface area (Å²) in [7, 11) is 0.174. The predicted octanol–water partition coefficient (Wildman–Crippen LogP) is 0.331. The maximum atomic E-state index is 9.19. The first kappa shape index (κ1) is 16.2. The van der Waals surface area contributed by atoms with Crippen LogP contribution in [0.1, 0.15) is 20.8 Å². The minimum Gasteiger partial charge on any atom is -0.423 e. The molecule has 2 N–H and O–H groups in total. The van der Waals surface area contributed by atoms with Crippen LogP contribution in [0.15, 0.2) is 16.5 Å². The second kappa shape index (κ2) is 9.21. The fourth-order valence-electron chi connectivity index (χ4n) is 1.62. The van der Waals surface area contributed by atoms with Gasteiger partial charge in [-0.25, -0.2) is 0 Å². The van der Waals surface area contributed by atoms with Gasteiger partial charge in [-0.15, -0.1) is 0 Å². The third-order valence-electron chi connectivity index (χ3n) is 2.37. The Morgan fingerprint density at radius 1 is 1.29 bits per heavy atom. The zero-order valence-corrected chi connectivity index (χ0v) is 11.2. The fourth-order valence-corrected chi connectivity index (χ4v) is 1.62. The van der Waals surface area contributed by atoms with Crippen molar-refractivity contribution in [1.29, 1.82) is 0 Å². The van der Waals surface area contributed by atoms with Crippen molar-refractivity contribution < 1.29 is 14.8 Å². The molecule has 1 heterocycles. The average molecular weight is 242 g/mol. The quantitative estimate of drug-likeness (QED) is 0.416. The lowest BCUT2D eigenvalue weighted by atomic mass is 9.77. The summed E-state index contributed by atoms with van der Waals surface area (Å²) >= 11 is 0. The van der Waals surface area contributed by atoms with Crippen LogP contribution in [0.3, 0.4) is 0 Å². The normalized spacial score (nSPS) is 17.4. The molecule has 0 amide bonds. The molecule has 0 unspecified atom stereocenters. The molecule has 0 spiro atoms. The molecule has 98 valence electrons. The van der Waals surface area contributed by atoms with Crippen molar-refractivity contribution in [1.82, 2.24) is 4.90 Å². The zero-order chi connectivity index (χ0) is 13.3. The molecule has 1 saturated heterocycles. The third-order valence-corrected chi connectivity index (χ3v) is 2.37. The summed E-state index contributed by atoms with van der Waals surface area (Å²) in [4.78, 5) is 6.10. The van der Waals surface area contributed by atoms with Crippen LogP contribution in [0, 0.1) is 0 Å². The summed E-state index contributed by atoms with van der Waals surface area (Å²) in [5, 5.41) is 18.4. The molecule has 0 aromatic carbocycles. The third kappa shape index (κ3) is 4.89. The highest BCUT2D eigenvalue weighted by molar-refractivity contribution is 6.59. The summed E-state index contributed by atoms with van der Waals surface area (Å²) in [5.74, 6) is 0.635. The van der Waals surface area contributed by atoms with E-state index in [-0.39, 0.29) is 0 Å². The van der Waals surface area contributed by atoms with Gasteiger partial charge in [0.15, 0.2) is 0 Å². The highest BCUT2D eigenvalue weighted by Crippen LogP contribution is 2.08. The maximum Gasteiger partial charge on any atom is 0.491 e. The lowest BCUT2D eigenvalue weighted by Gasteiger charge is -2.30. The standard InChI is InChI=1S/C9H17BN2O3.C2H6/c1-3-8(10(13)14)9(11-2)12-4-6-15-7-5-12;1-2/h3,13-14H,4-7H2,1-2H3;1-2H3/b8-3+,11-9?;. The number of rotatable bonds is 2. The molecule has 0 atom stereocenters. The predicted molar refractivity (Wildman–Crippen MR) is 71.0 cm³/mol. The van der Waals surface area contributed by atoms with Gasteiger partial charge in [0.25, 0.3) is 0 Å². The average Bonchev–Trinajstić information content (AvgIpc) is 2.38. The molecule has 0 saturated carbocycles. The number of hydrogen-bond acceptors (Lipinski definition) is 4. The van der Waals surface area contributed by atoms with Crippen LogP contribution in [0.2, 0.25) is 0 Å². The van der Waals surface area contributed by atoms with E-state index in [1.165, 1.54) is 0 Å². The molecular formula is C11H23BN2O3. The van der Waals surface area contributed by atoms with Crippen LogP contribution >= 0.6 is 0 Å². The van der Waals surface area contributed by atoms with Crippen molar-refractivity contribution in [2.24, 2.45) is 4.99 Å². The van der Waals surface area contributed by atoms with Crippen LogP contribution in [0.5, 0.6) is 0 Å². The highest BCUT2D eigenvalue weighted by Gasteiger charge is 2.24. The lowest BCUT2D eigenvalue weighted by molar-refractivity contribution is 0.0682. The number of ether oxygens (including phenoxy) is 1. The molecule has 1 fully saturated rings. The molecule has 0 bridgehead atoms. The van der Waals surface area contributed by atoms with E-state index < -0.39 is 7.12 Å². The summed E-state index contributed by atoms with van der Waals surface area (Å²) in [6, 6.07) is 0. The minimum atomic E-state index is -1.48. The van der Waals surface area contributed by atoms with Crippen molar-refractivity contribution >= 4 is 13.0 Å². The minimum absolute atomic E-state index is 0.444. The van der Waals surface area contributed by atoms with E-state index in [2.05, 4.69) is 4.99 Å².